The van der Waals surface area contributed by atoms with Crippen LogP contribution in [0.15, 0.2) is 71.8 Å². The van der Waals surface area contributed by atoms with E-state index in [1.54, 1.807) is 6.92 Å². The summed E-state index contributed by atoms with van der Waals surface area (Å²) in [5.74, 6) is -1.09. The molecule has 2 nitrogen and oxygen atoms in total. The molecule has 1 N–H and O–H groups in total. The second-order valence-corrected chi connectivity index (χ2v) is 5.47. The zero-order valence-electron chi connectivity index (χ0n) is 13.7. The second-order valence-electron chi connectivity index (χ2n) is 5.47. The van der Waals surface area contributed by atoms with Crippen LogP contribution in [0.4, 0.5) is 0 Å². The maximum absolute atomic E-state index is 10.4. The molecular weight excluding hydrogens is 272 g/mol. The first-order valence-corrected chi connectivity index (χ1v) is 7.40. The number of carboxylic acids is 1. The Morgan fingerprint density at radius 1 is 0.818 bits per heavy atom. The van der Waals surface area contributed by atoms with Gasteiger partial charge in [-0.1, -0.05) is 71.8 Å². The minimum Gasteiger partial charge on any atom is -0.481 e. The lowest BCUT2D eigenvalue weighted by atomic mass is 9.99. The van der Waals surface area contributed by atoms with Gasteiger partial charge in [0.15, 0.2) is 0 Å². The fourth-order valence-electron chi connectivity index (χ4n) is 1.88. The molecule has 0 heterocycles. The highest BCUT2D eigenvalue weighted by Crippen LogP contribution is 2.17. The Morgan fingerprint density at radius 2 is 1.18 bits per heavy atom. The molecule has 0 aromatic heterocycles. The second kappa shape index (κ2) is 8.83. The third-order valence-corrected chi connectivity index (χ3v) is 3.69. The number of allylic oxidation sites excluding steroid dienone is 1. The summed E-state index contributed by atoms with van der Waals surface area (Å²) < 4.78 is 0. The van der Waals surface area contributed by atoms with Crippen LogP contribution in [0.25, 0.3) is 11.1 Å². The summed E-state index contributed by atoms with van der Waals surface area (Å²) in [5, 5.41) is 8.57. The molecule has 0 aliphatic rings. The molecule has 0 saturated carbocycles. The number of hydrogen-bond acceptors (Lipinski definition) is 1. The van der Waals surface area contributed by atoms with Gasteiger partial charge in [-0.2, -0.15) is 0 Å². The zero-order chi connectivity index (χ0) is 16.5. The topological polar surface area (TPSA) is 37.3 Å². The van der Waals surface area contributed by atoms with Gasteiger partial charge in [-0.3, -0.25) is 4.79 Å². The van der Waals surface area contributed by atoms with E-state index in [-0.39, 0.29) is 5.92 Å². The number of hydrogen-bond donors (Lipinski definition) is 1. The predicted molar refractivity (Wildman–Crippen MR) is 92.7 cm³/mol. The molecule has 0 spiro atoms. The van der Waals surface area contributed by atoms with Crippen molar-refractivity contribution in [2.45, 2.75) is 27.7 Å². The molecule has 1 unspecified atom stereocenters. The minimum absolute atomic E-state index is 0.343. The Kier molecular flexibility index (Phi) is 7.11. The van der Waals surface area contributed by atoms with Crippen LogP contribution in [0, 0.1) is 5.92 Å². The molecule has 2 aromatic carbocycles. The van der Waals surface area contributed by atoms with E-state index in [9.17, 15) is 4.79 Å². The number of rotatable bonds is 3. The van der Waals surface area contributed by atoms with Gasteiger partial charge in [-0.15, -0.1) is 0 Å². The molecule has 2 heteroatoms. The fraction of sp³-hybridized carbons (Fsp3) is 0.250. The van der Waals surface area contributed by atoms with Gasteiger partial charge in [0.05, 0.1) is 5.92 Å². The first-order valence-electron chi connectivity index (χ1n) is 7.40. The first-order chi connectivity index (χ1) is 10.4. The van der Waals surface area contributed by atoms with E-state index in [0.29, 0.717) is 0 Å². The summed E-state index contributed by atoms with van der Waals surface area (Å²) in [7, 11) is 0. The van der Waals surface area contributed by atoms with E-state index in [0.717, 1.165) is 11.1 Å². The number of carbonyl (C=O) groups is 1. The van der Waals surface area contributed by atoms with Crippen LogP contribution in [-0.2, 0) is 4.79 Å². The van der Waals surface area contributed by atoms with Crippen LogP contribution < -0.4 is 0 Å². The maximum Gasteiger partial charge on any atom is 0.310 e. The Bertz CT molecular complexity index is 571. The van der Waals surface area contributed by atoms with Gasteiger partial charge in [0.1, 0.15) is 0 Å². The molecule has 22 heavy (non-hydrogen) atoms. The van der Waals surface area contributed by atoms with Crippen molar-refractivity contribution >= 4 is 5.97 Å². The summed E-state index contributed by atoms with van der Waals surface area (Å²) in [6.45, 7) is 7.41. The van der Waals surface area contributed by atoms with E-state index in [1.165, 1.54) is 11.1 Å². The average molecular weight is 296 g/mol. The highest BCUT2D eigenvalue weighted by atomic mass is 16.4. The van der Waals surface area contributed by atoms with Crippen LogP contribution in [-0.4, -0.2) is 11.1 Å². The fourth-order valence-corrected chi connectivity index (χ4v) is 1.88. The quantitative estimate of drug-likeness (QED) is 0.768. The Morgan fingerprint density at radius 3 is 1.41 bits per heavy atom. The van der Waals surface area contributed by atoms with Crippen molar-refractivity contribution in [2.75, 3.05) is 0 Å². The summed E-state index contributed by atoms with van der Waals surface area (Å²) in [6, 6.07) is 20.8. The lowest BCUT2D eigenvalue weighted by Gasteiger charge is -2.07. The molecule has 0 fully saturated rings. The molecule has 0 bridgehead atoms. The van der Waals surface area contributed by atoms with Crippen LogP contribution >= 0.6 is 0 Å². The maximum atomic E-state index is 10.4. The molecule has 2 aromatic rings. The van der Waals surface area contributed by atoms with Crippen LogP contribution in [0.3, 0.4) is 0 Å². The molecule has 0 aliphatic carbocycles. The number of aliphatic carboxylic acids is 1. The number of carboxylic acid groups (broad SMARTS) is 1. The average Bonchev–Trinajstić information content (AvgIpc) is 2.55. The lowest BCUT2D eigenvalue weighted by molar-refractivity contribution is -0.139. The van der Waals surface area contributed by atoms with Gasteiger partial charge < -0.3 is 5.11 Å². The van der Waals surface area contributed by atoms with Crippen molar-refractivity contribution in [3.8, 4) is 11.1 Å². The van der Waals surface area contributed by atoms with Gasteiger partial charge >= 0.3 is 5.97 Å². The summed E-state index contributed by atoms with van der Waals surface area (Å²) in [4.78, 5) is 10.4. The van der Waals surface area contributed by atoms with E-state index in [1.807, 2.05) is 32.9 Å². The molecule has 0 aliphatic heterocycles. The normalized spacial score (nSPS) is 10.9. The van der Waals surface area contributed by atoms with E-state index in [4.69, 9.17) is 5.11 Å². The predicted octanol–water partition coefficient (Wildman–Crippen LogP) is 5.42. The standard InChI is InChI=1S/C12H10.C8H14O2/c1-3-7-11(8-4-1)12-9-5-2-6-10-12;1-5(2)6(3)7(4)8(9)10/h1-10H;7H,1-4H3,(H,9,10). The van der Waals surface area contributed by atoms with Gasteiger partial charge in [0.2, 0.25) is 0 Å². The van der Waals surface area contributed by atoms with E-state index >= 15 is 0 Å². The highest BCUT2D eigenvalue weighted by molar-refractivity contribution is 5.73. The van der Waals surface area contributed by atoms with Crippen LogP contribution in [0.1, 0.15) is 27.7 Å². The Hall–Kier alpha value is -2.35. The van der Waals surface area contributed by atoms with Crippen molar-refractivity contribution in [3.05, 3.63) is 71.8 Å². The third-order valence-electron chi connectivity index (χ3n) is 3.69. The van der Waals surface area contributed by atoms with E-state index in [2.05, 4.69) is 48.5 Å². The highest BCUT2D eigenvalue weighted by Gasteiger charge is 2.12. The number of benzene rings is 2. The molecule has 116 valence electrons. The summed E-state index contributed by atoms with van der Waals surface area (Å²) in [5.41, 5.74) is 4.60. The third kappa shape index (κ3) is 5.57. The zero-order valence-corrected chi connectivity index (χ0v) is 13.7. The smallest absolute Gasteiger partial charge is 0.310 e. The van der Waals surface area contributed by atoms with Crippen molar-refractivity contribution in [1.29, 1.82) is 0 Å². The molecule has 1 atom stereocenters. The summed E-state index contributed by atoms with van der Waals surface area (Å²) >= 11 is 0. The molecule has 0 saturated heterocycles. The van der Waals surface area contributed by atoms with Gasteiger partial charge in [0.25, 0.3) is 0 Å². The lowest BCUT2D eigenvalue weighted by Crippen LogP contribution is -2.11. The van der Waals surface area contributed by atoms with Crippen LogP contribution in [0.2, 0.25) is 0 Å². The Labute approximate surface area is 133 Å². The molecule has 0 amide bonds. The van der Waals surface area contributed by atoms with Crippen LogP contribution in [0.5, 0.6) is 0 Å². The van der Waals surface area contributed by atoms with E-state index < -0.39 is 5.97 Å². The van der Waals surface area contributed by atoms with Gasteiger partial charge in [-0.25, -0.2) is 0 Å². The largest absolute Gasteiger partial charge is 0.481 e. The van der Waals surface area contributed by atoms with Gasteiger partial charge in [0, 0.05) is 0 Å². The SMILES string of the molecule is CC(C)=C(C)C(C)C(=O)O.c1ccc(-c2ccccc2)cc1. The minimum atomic E-state index is -0.751. The monoisotopic (exact) mass is 296 g/mol. The molecule has 2 rings (SSSR count). The molecule has 0 radical (unpaired) electrons. The van der Waals surface area contributed by atoms with Crippen molar-refractivity contribution < 1.29 is 9.90 Å². The van der Waals surface area contributed by atoms with Crippen molar-refractivity contribution in [3.63, 3.8) is 0 Å². The van der Waals surface area contributed by atoms with Crippen molar-refractivity contribution in [2.24, 2.45) is 5.92 Å². The van der Waals surface area contributed by atoms with Crippen molar-refractivity contribution in [1.82, 2.24) is 0 Å². The molecular formula is C20H24O2. The summed E-state index contributed by atoms with van der Waals surface area (Å²) in [6.07, 6.45) is 0. The first kappa shape index (κ1) is 17.7. The van der Waals surface area contributed by atoms with Gasteiger partial charge in [-0.05, 0) is 38.8 Å². The Balaban J connectivity index is 0.000000225.